The van der Waals surface area contributed by atoms with E-state index in [2.05, 4.69) is 19.2 Å². The average molecular weight is 310 g/mol. The molecule has 0 radical (unpaired) electrons. The molecule has 0 fully saturated rings. The second kappa shape index (κ2) is 6.24. The van der Waals surface area contributed by atoms with E-state index in [4.69, 9.17) is 0 Å². The highest BCUT2D eigenvalue weighted by atomic mass is 19.4. The van der Waals surface area contributed by atoms with E-state index in [0.29, 0.717) is 6.07 Å². The Morgan fingerprint density at radius 1 is 1.48 bits per heavy atom. The lowest BCUT2D eigenvalue weighted by atomic mass is 10.2. The molecular weight excluding hydrogens is 301 g/mol. The van der Waals surface area contributed by atoms with Crippen LogP contribution in [0, 0.1) is 10.1 Å². The van der Waals surface area contributed by atoms with E-state index < -0.39 is 40.3 Å². The smallest absolute Gasteiger partial charge is 0.476 e. The van der Waals surface area contributed by atoms with Crippen LogP contribution < -0.4 is 9.47 Å². The van der Waals surface area contributed by atoms with E-state index in [9.17, 15) is 28.1 Å². The van der Waals surface area contributed by atoms with Crippen LogP contribution in [-0.4, -0.2) is 36.0 Å². The largest absolute Gasteiger partial charge is 0.574 e. The standard InChI is InChI=1S/C10H9F3N2O6/c1-3-20-9(16)5-4-6(21-10(11,12)13)14-8(19-2)7(5)15(17)18/h4H,3H2,1-2H3. The molecular formula is C10H9F3N2O6. The molecule has 1 heterocycles. The number of aromatic nitrogens is 1. The van der Waals surface area contributed by atoms with Crippen molar-refractivity contribution < 1.29 is 37.1 Å². The Hall–Kier alpha value is -2.59. The zero-order valence-electron chi connectivity index (χ0n) is 10.8. The van der Waals surface area contributed by atoms with Gasteiger partial charge < -0.3 is 14.2 Å². The fourth-order valence-electron chi connectivity index (χ4n) is 1.35. The van der Waals surface area contributed by atoms with Crippen LogP contribution in [0.2, 0.25) is 0 Å². The number of ether oxygens (including phenoxy) is 3. The van der Waals surface area contributed by atoms with Gasteiger partial charge in [-0.15, -0.1) is 13.2 Å². The van der Waals surface area contributed by atoms with Crippen molar-refractivity contribution >= 4 is 11.7 Å². The van der Waals surface area contributed by atoms with Gasteiger partial charge in [-0.1, -0.05) is 0 Å². The fourth-order valence-corrected chi connectivity index (χ4v) is 1.35. The molecule has 1 rings (SSSR count). The molecule has 0 aliphatic rings. The molecule has 11 heteroatoms. The van der Waals surface area contributed by atoms with Crippen LogP contribution in [0.4, 0.5) is 18.9 Å². The summed E-state index contributed by atoms with van der Waals surface area (Å²) in [6.07, 6.45) is -5.08. The summed E-state index contributed by atoms with van der Waals surface area (Å²) in [5.74, 6) is -3.07. The van der Waals surface area contributed by atoms with Crippen molar-refractivity contribution in [3.63, 3.8) is 0 Å². The predicted octanol–water partition coefficient (Wildman–Crippen LogP) is 2.07. The average Bonchev–Trinajstić information content (AvgIpc) is 2.35. The van der Waals surface area contributed by atoms with Crippen LogP contribution in [0.1, 0.15) is 17.3 Å². The highest BCUT2D eigenvalue weighted by Gasteiger charge is 2.35. The molecule has 0 saturated heterocycles. The molecule has 0 saturated carbocycles. The van der Waals surface area contributed by atoms with Crippen molar-refractivity contribution in [1.29, 1.82) is 0 Å². The zero-order valence-corrected chi connectivity index (χ0v) is 10.8. The maximum atomic E-state index is 12.2. The number of methoxy groups -OCH3 is 1. The van der Waals surface area contributed by atoms with Gasteiger partial charge in [-0.2, -0.15) is 4.98 Å². The van der Waals surface area contributed by atoms with Crippen molar-refractivity contribution in [2.24, 2.45) is 0 Å². The van der Waals surface area contributed by atoms with Gasteiger partial charge >= 0.3 is 18.0 Å². The molecule has 1 aromatic heterocycles. The number of pyridine rings is 1. The van der Waals surface area contributed by atoms with Crippen LogP contribution in [0.15, 0.2) is 6.07 Å². The Kier molecular flexibility index (Phi) is 4.89. The Balaban J connectivity index is 3.44. The summed E-state index contributed by atoms with van der Waals surface area (Å²) < 4.78 is 49.1. The molecule has 0 aliphatic carbocycles. The lowest BCUT2D eigenvalue weighted by Gasteiger charge is -2.11. The minimum atomic E-state index is -5.08. The molecule has 8 nitrogen and oxygen atoms in total. The van der Waals surface area contributed by atoms with Crippen molar-refractivity contribution in [2.75, 3.05) is 13.7 Å². The zero-order chi connectivity index (χ0) is 16.2. The Morgan fingerprint density at radius 2 is 2.10 bits per heavy atom. The number of hydrogen-bond acceptors (Lipinski definition) is 7. The normalized spacial score (nSPS) is 10.9. The third-order valence-corrected chi connectivity index (χ3v) is 2.03. The van der Waals surface area contributed by atoms with Crippen LogP contribution in [0.3, 0.4) is 0 Å². The lowest BCUT2D eigenvalue weighted by molar-refractivity contribution is -0.386. The van der Waals surface area contributed by atoms with E-state index in [1.54, 1.807) is 0 Å². The summed E-state index contributed by atoms with van der Waals surface area (Å²) in [7, 11) is 0.946. The third-order valence-electron chi connectivity index (χ3n) is 2.03. The number of rotatable bonds is 5. The first kappa shape index (κ1) is 16.5. The van der Waals surface area contributed by atoms with Gasteiger partial charge in [0.15, 0.2) is 0 Å². The van der Waals surface area contributed by atoms with Gasteiger partial charge in [-0.25, -0.2) is 4.79 Å². The van der Waals surface area contributed by atoms with Crippen molar-refractivity contribution in [1.82, 2.24) is 4.98 Å². The molecule has 0 amide bonds. The quantitative estimate of drug-likeness (QED) is 0.466. The molecule has 116 valence electrons. The van der Waals surface area contributed by atoms with E-state index in [1.165, 1.54) is 6.92 Å². The molecule has 0 N–H and O–H groups in total. The molecule has 21 heavy (non-hydrogen) atoms. The second-order valence-corrected chi connectivity index (χ2v) is 3.39. The number of halogens is 3. The number of nitrogens with zero attached hydrogens (tertiary/aromatic N) is 2. The molecule has 0 unspecified atom stereocenters. The Bertz CT molecular complexity index is 560. The third kappa shape index (κ3) is 4.19. The highest BCUT2D eigenvalue weighted by Crippen LogP contribution is 2.34. The van der Waals surface area contributed by atoms with E-state index in [-0.39, 0.29) is 6.61 Å². The van der Waals surface area contributed by atoms with Gasteiger partial charge in [0.05, 0.1) is 18.6 Å². The summed E-state index contributed by atoms with van der Waals surface area (Å²) in [4.78, 5) is 24.7. The van der Waals surface area contributed by atoms with Crippen LogP contribution in [0.5, 0.6) is 11.8 Å². The minimum Gasteiger partial charge on any atom is -0.476 e. The van der Waals surface area contributed by atoms with Crippen molar-refractivity contribution in [3.05, 3.63) is 21.7 Å². The first-order valence-electron chi connectivity index (χ1n) is 5.35. The Morgan fingerprint density at radius 3 is 2.52 bits per heavy atom. The lowest BCUT2D eigenvalue weighted by Crippen LogP contribution is -2.19. The highest BCUT2D eigenvalue weighted by molar-refractivity contribution is 5.95. The number of alkyl halides is 3. The number of esters is 1. The van der Waals surface area contributed by atoms with Gasteiger partial charge in [-0.05, 0) is 6.92 Å². The maximum absolute atomic E-state index is 12.2. The molecule has 0 spiro atoms. The van der Waals surface area contributed by atoms with E-state index >= 15 is 0 Å². The number of carbonyl (C=O) groups is 1. The maximum Gasteiger partial charge on any atom is 0.574 e. The SMILES string of the molecule is CCOC(=O)c1cc(OC(F)(F)F)nc(OC)c1[N+](=O)[O-]. The van der Waals surface area contributed by atoms with Gasteiger partial charge in [0.2, 0.25) is 5.88 Å². The number of carbonyl (C=O) groups excluding carboxylic acids is 1. The summed E-state index contributed by atoms with van der Waals surface area (Å²) in [6, 6.07) is 0.464. The predicted molar refractivity (Wildman–Crippen MR) is 60.1 cm³/mol. The number of nitro groups is 1. The summed E-state index contributed by atoms with van der Waals surface area (Å²) >= 11 is 0. The van der Waals surface area contributed by atoms with Gasteiger partial charge in [0, 0.05) is 6.07 Å². The first-order chi connectivity index (χ1) is 9.69. The topological polar surface area (TPSA) is 101 Å². The molecule has 0 bridgehead atoms. The van der Waals surface area contributed by atoms with Crippen LogP contribution >= 0.6 is 0 Å². The fraction of sp³-hybridized carbons (Fsp3) is 0.400. The van der Waals surface area contributed by atoms with E-state index in [1.807, 2.05) is 0 Å². The Labute approximate surface area is 115 Å². The summed E-state index contributed by atoms with van der Waals surface area (Å²) in [5, 5.41) is 10.9. The monoisotopic (exact) mass is 310 g/mol. The summed E-state index contributed by atoms with van der Waals surface area (Å²) in [6.45, 7) is 1.30. The van der Waals surface area contributed by atoms with Gasteiger partial charge in [0.1, 0.15) is 5.56 Å². The van der Waals surface area contributed by atoms with Crippen LogP contribution in [0.25, 0.3) is 0 Å². The van der Waals surface area contributed by atoms with E-state index in [0.717, 1.165) is 7.11 Å². The first-order valence-corrected chi connectivity index (χ1v) is 5.35. The van der Waals surface area contributed by atoms with Crippen LogP contribution in [-0.2, 0) is 4.74 Å². The van der Waals surface area contributed by atoms with Gasteiger partial charge in [-0.3, -0.25) is 10.1 Å². The van der Waals surface area contributed by atoms with Gasteiger partial charge in [0.25, 0.3) is 5.88 Å². The second-order valence-electron chi connectivity index (χ2n) is 3.39. The summed E-state index contributed by atoms with van der Waals surface area (Å²) in [5.41, 5.74) is -1.67. The van der Waals surface area contributed by atoms with Crippen molar-refractivity contribution in [2.45, 2.75) is 13.3 Å². The number of hydrogen-bond donors (Lipinski definition) is 0. The molecule has 0 aromatic carbocycles. The molecule has 1 aromatic rings. The molecule has 0 atom stereocenters. The minimum absolute atomic E-state index is 0.129. The molecule has 0 aliphatic heterocycles. The van der Waals surface area contributed by atoms with Crippen molar-refractivity contribution in [3.8, 4) is 11.8 Å².